The highest BCUT2D eigenvalue weighted by Gasteiger charge is 2.28. The van der Waals surface area contributed by atoms with Crippen molar-refractivity contribution in [1.82, 2.24) is 5.32 Å². The predicted octanol–water partition coefficient (Wildman–Crippen LogP) is 3.96. The molecule has 0 amide bonds. The summed E-state index contributed by atoms with van der Waals surface area (Å²) in [6, 6.07) is 5.44. The molecule has 6 heteroatoms. The first kappa shape index (κ1) is 23.9. The molecule has 2 fully saturated rings. The van der Waals surface area contributed by atoms with Crippen LogP contribution in [0.4, 0.5) is 0 Å². The molecule has 1 aromatic carbocycles. The molecule has 31 heavy (non-hydrogen) atoms. The topological polar surface area (TPSA) is 88.0 Å². The predicted molar refractivity (Wildman–Crippen MR) is 120 cm³/mol. The Hall–Kier alpha value is -1.79. The minimum Gasteiger partial charge on any atom is -0.504 e. The number of aromatic hydroxyl groups is 1. The summed E-state index contributed by atoms with van der Waals surface area (Å²) in [7, 11) is 0. The number of phenolic OH excluding ortho intramolecular Hbond substituents is 1. The van der Waals surface area contributed by atoms with Gasteiger partial charge in [-0.15, -0.1) is 0 Å². The van der Waals surface area contributed by atoms with Crippen LogP contribution >= 0.6 is 0 Å². The van der Waals surface area contributed by atoms with Gasteiger partial charge in [-0.25, -0.2) is 0 Å². The molecule has 0 unspecified atom stereocenters. The average Bonchev–Trinajstić information content (AvgIpc) is 2.75. The lowest BCUT2D eigenvalue weighted by Crippen LogP contribution is -2.34. The number of aliphatic hydroxyl groups is 1. The standard InChI is InChI=1S/C25H39NO5/c1-17-3-7-20(8-4-17)24(29)16-22(30-18(2)27)9-5-19-6-10-23(28)25(15-19)31-21-11-13-26-14-12-21/h6,10,15,17,20-22,24,26,28-29H,3-5,7-9,11-14,16H2,1-2H3/t17?,20?,22-,24-/m1/s1. The number of hydrogen-bond donors (Lipinski definition) is 3. The largest absolute Gasteiger partial charge is 0.504 e. The van der Waals surface area contributed by atoms with Crippen LogP contribution in [-0.2, 0) is 16.0 Å². The molecule has 1 aliphatic heterocycles. The van der Waals surface area contributed by atoms with Crippen molar-refractivity contribution in [3.8, 4) is 11.5 Å². The molecule has 0 bridgehead atoms. The molecule has 1 saturated heterocycles. The Morgan fingerprint density at radius 3 is 2.55 bits per heavy atom. The van der Waals surface area contributed by atoms with Crippen LogP contribution in [0.15, 0.2) is 18.2 Å². The number of benzene rings is 1. The zero-order chi connectivity index (χ0) is 22.2. The molecule has 2 atom stereocenters. The van der Waals surface area contributed by atoms with Gasteiger partial charge in [-0.1, -0.05) is 25.8 Å². The van der Waals surface area contributed by atoms with Crippen LogP contribution in [0.5, 0.6) is 11.5 Å². The van der Waals surface area contributed by atoms with Crippen LogP contribution in [0.2, 0.25) is 0 Å². The van der Waals surface area contributed by atoms with Crippen molar-refractivity contribution in [2.24, 2.45) is 11.8 Å². The summed E-state index contributed by atoms with van der Waals surface area (Å²) in [5.74, 6) is 1.40. The number of nitrogens with one attached hydrogen (secondary N) is 1. The maximum absolute atomic E-state index is 11.6. The highest BCUT2D eigenvalue weighted by molar-refractivity contribution is 5.66. The number of hydrogen-bond acceptors (Lipinski definition) is 6. The third-order valence-electron chi connectivity index (χ3n) is 6.80. The summed E-state index contributed by atoms with van der Waals surface area (Å²) in [6.07, 6.45) is 7.44. The Morgan fingerprint density at radius 1 is 1.16 bits per heavy atom. The normalized spacial score (nSPS) is 24.4. The van der Waals surface area contributed by atoms with Crippen LogP contribution < -0.4 is 10.1 Å². The molecule has 3 rings (SSSR count). The summed E-state index contributed by atoms with van der Waals surface area (Å²) in [5.41, 5.74) is 1.03. The number of phenols is 1. The number of carbonyl (C=O) groups excluding carboxylic acids is 1. The Kier molecular flexibility index (Phi) is 9.02. The minimum absolute atomic E-state index is 0.115. The highest BCUT2D eigenvalue weighted by atomic mass is 16.5. The summed E-state index contributed by atoms with van der Waals surface area (Å²) in [6.45, 7) is 5.55. The van der Waals surface area contributed by atoms with Gasteiger partial charge < -0.3 is 25.0 Å². The third kappa shape index (κ3) is 7.69. The first-order valence-corrected chi connectivity index (χ1v) is 11.9. The molecular formula is C25H39NO5. The molecule has 1 aliphatic carbocycles. The molecule has 0 radical (unpaired) electrons. The molecule has 2 aliphatic rings. The van der Waals surface area contributed by atoms with Crippen molar-refractivity contribution in [3.63, 3.8) is 0 Å². The molecule has 0 spiro atoms. The van der Waals surface area contributed by atoms with E-state index in [2.05, 4.69) is 12.2 Å². The number of esters is 1. The number of piperidine rings is 1. The van der Waals surface area contributed by atoms with Crippen molar-refractivity contribution in [2.75, 3.05) is 13.1 Å². The molecule has 1 heterocycles. The first-order valence-electron chi connectivity index (χ1n) is 11.9. The van der Waals surface area contributed by atoms with E-state index < -0.39 is 6.10 Å². The van der Waals surface area contributed by atoms with E-state index in [1.165, 1.54) is 6.92 Å². The SMILES string of the molecule is CC(=O)O[C@H](CCc1ccc(O)c(OC2CCNCC2)c1)C[C@@H](O)C1CCC(C)CC1. The fraction of sp³-hybridized carbons (Fsp3) is 0.720. The van der Waals surface area contributed by atoms with Gasteiger partial charge in [0.05, 0.1) is 6.10 Å². The van der Waals surface area contributed by atoms with Gasteiger partial charge in [0, 0.05) is 13.3 Å². The van der Waals surface area contributed by atoms with E-state index in [9.17, 15) is 15.0 Å². The zero-order valence-corrected chi connectivity index (χ0v) is 19.0. The fourth-order valence-corrected chi connectivity index (χ4v) is 4.82. The quantitative estimate of drug-likeness (QED) is 0.511. The lowest BCUT2D eigenvalue weighted by Gasteiger charge is -2.31. The van der Waals surface area contributed by atoms with Gasteiger partial charge in [0.15, 0.2) is 11.5 Å². The molecule has 0 aromatic heterocycles. The summed E-state index contributed by atoms with van der Waals surface area (Å²) in [4.78, 5) is 11.6. The van der Waals surface area contributed by atoms with E-state index >= 15 is 0 Å². The molecule has 1 saturated carbocycles. The van der Waals surface area contributed by atoms with Crippen LogP contribution in [0.1, 0.15) is 70.8 Å². The van der Waals surface area contributed by atoms with Crippen molar-refractivity contribution < 1.29 is 24.5 Å². The van der Waals surface area contributed by atoms with E-state index in [4.69, 9.17) is 9.47 Å². The monoisotopic (exact) mass is 433 g/mol. The van der Waals surface area contributed by atoms with Crippen LogP contribution in [0, 0.1) is 11.8 Å². The summed E-state index contributed by atoms with van der Waals surface area (Å²) < 4.78 is 11.6. The number of aryl methyl sites for hydroxylation is 1. The number of ether oxygens (including phenoxy) is 2. The van der Waals surface area contributed by atoms with Gasteiger partial charge in [-0.05, 0) is 81.1 Å². The first-order chi connectivity index (χ1) is 14.9. The van der Waals surface area contributed by atoms with Crippen LogP contribution in [-0.4, -0.2) is 47.6 Å². The van der Waals surface area contributed by atoms with E-state index in [1.807, 2.05) is 12.1 Å². The van der Waals surface area contributed by atoms with E-state index in [-0.39, 0.29) is 23.9 Å². The minimum atomic E-state index is -0.435. The molecular weight excluding hydrogens is 394 g/mol. The average molecular weight is 434 g/mol. The molecule has 1 aromatic rings. The van der Waals surface area contributed by atoms with Crippen LogP contribution in [0.25, 0.3) is 0 Å². The summed E-state index contributed by atoms with van der Waals surface area (Å²) >= 11 is 0. The Morgan fingerprint density at radius 2 is 1.87 bits per heavy atom. The maximum Gasteiger partial charge on any atom is 0.302 e. The lowest BCUT2D eigenvalue weighted by molar-refractivity contribution is -0.148. The van der Waals surface area contributed by atoms with Gasteiger partial charge in [-0.2, -0.15) is 0 Å². The van der Waals surface area contributed by atoms with Gasteiger partial charge in [0.1, 0.15) is 12.2 Å². The molecule has 3 N–H and O–H groups in total. The van der Waals surface area contributed by atoms with Gasteiger partial charge in [0.2, 0.25) is 0 Å². The van der Waals surface area contributed by atoms with Gasteiger partial charge in [0.25, 0.3) is 0 Å². The third-order valence-corrected chi connectivity index (χ3v) is 6.80. The van der Waals surface area contributed by atoms with Crippen molar-refractivity contribution in [3.05, 3.63) is 23.8 Å². The lowest BCUT2D eigenvalue weighted by atomic mass is 9.79. The smallest absolute Gasteiger partial charge is 0.302 e. The van der Waals surface area contributed by atoms with Crippen molar-refractivity contribution in [2.45, 2.75) is 89.9 Å². The van der Waals surface area contributed by atoms with Crippen molar-refractivity contribution >= 4 is 5.97 Å². The molecule has 174 valence electrons. The van der Waals surface area contributed by atoms with Crippen molar-refractivity contribution in [1.29, 1.82) is 0 Å². The number of aliphatic hydroxyl groups excluding tert-OH is 1. The van der Waals surface area contributed by atoms with Gasteiger partial charge >= 0.3 is 5.97 Å². The van der Waals surface area contributed by atoms with E-state index in [0.29, 0.717) is 30.9 Å². The fourth-order valence-electron chi connectivity index (χ4n) is 4.82. The second kappa shape index (κ2) is 11.7. The van der Waals surface area contributed by atoms with Gasteiger partial charge in [-0.3, -0.25) is 4.79 Å². The summed E-state index contributed by atoms with van der Waals surface area (Å²) in [5, 5.41) is 24.3. The van der Waals surface area contributed by atoms with E-state index in [1.54, 1.807) is 6.07 Å². The zero-order valence-electron chi connectivity index (χ0n) is 19.0. The van der Waals surface area contributed by atoms with Crippen LogP contribution in [0.3, 0.4) is 0 Å². The Balaban J connectivity index is 1.56. The maximum atomic E-state index is 11.6. The number of carbonyl (C=O) groups is 1. The van der Waals surface area contributed by atoms with E-state index in [0.717, 1.165) is 63.1 Å². The molecule has 6 nitrogen and oxygen atoms in total. The Labute approximate surface area is 186 Å². The number of rotatable bonds is 9. The highest BCUT2D eigenvalue weighted by Crippen LogP contribution is 2.33. The second-order valence-corrected chi connectivity index (χ2v) is 9.46. The second-order valence-electron chi connectivity index (χ2n) is 9.46. The Bertz CT molecular complexity index is 695.